The van der Waals surface area contributed by atoms with Crippen molar-refractivity contribution >= 4 is 5.91 Å². The number of hydrogen-bond donors (Lipinski definition) is 1. The van der Waals surface area contributed by atoms with Crippen LogP contribution in [0.5, 0.6) is 0 Å². The summed E-state index contributed by atoms with van der Waals surface area (Å²) in [6, 6.07) is 0.409. The van der Waals surface area contributed by atoms with Crippen LogP contribution < -0.4 is 5.73 Å². The van der Waals surface area contributed by atoms with Crippen molar-refractivity contribution in [3.8, 4) is 0 Å². The van der Waals surface area contributed by atoms with Crippen molar-refractivity contribution < 1.29 is 4.79 Å². The molecule has 2 unspecified atom stereocenters. The minimum Gasteiger partial charge on any atom is -0.339 e. The number of nitrogens with zero attached hydrogens (tertiary/aromatic N) is 1. The zero-order valence-electron chi connectivity index (χ0n) is 9.12. The van der Waals surface area contributed by atoms with Crippen LogP contribution in [0.3, 0.4) is 0 Å². The molecule has 0 aromatic rings. The fraction of sp³-hybridized carbons (Fsp3) is 0.909. The average molecular weight is 196 g/mol. The van der Waals surface area contributed by atoms with Crippen LogP contribution in [0, 0.1) is 11.3 Å². The summed E-state index contributed by atoms with van der Waals surface area (Å²) in [6.07, 6.45) is 3.15. The highest BCUT2D eigenvalue weighted by atomic mass is 16.2. The van der Waals surface area contributed by atoms with E-state index in [9.17, 15) is 4.79 Å². The summed E-state index contributed by atoms with van der Waals surface area (Å²) < 4.78 is 0. The molecule has 2 fully saturated rings. The van der Waals surface area contributed by atoms with E-state index in [2.05, 4.69) is 13.8 Å². The lowest BCUT2D eigenvalue weighted by Gasteiger charge is -2.27. The molecule has 1 aliphatic carbocycles. The minimum atomic E-state index is -0.154. The first kappa shape index (κ1) is 9.97. The Morgan fingerprint density at radius 1 is 1.50 bits per heavy atom. The number of carbonyl (C=O) groups excluding carboxylic acids is 1. The maximum Gasteiger partial charge on any atom is 0.230 e. The van der Waals surface area contributed by atoms with Gasteiger partial charge < -0.3 is 10.6 Å². The molecule has 14 heavy (non-hydrogen) atoms. The van der Waals surface area contributed by atoms with Gasteiger partial charge in [0.2, 0.25) is 5.91 Å². The number of hydrogen-bond acceptors (Lipinski definition) is 2. The van der Waals surface area contributed by atoms with E-state index in [1.165, 1.54) is 0 Å². The average Bonchev–Trinajstić information content (AvgIpc) is 2.91. The summed E-state index contributed by atoms with van der Waals surface area (Å²) >= 11 is 0. The Morgan fingerprint density at radius 2 is 2.14 bits per heavy atom. The van der Waals surface area contributed by atoms with Crippen LogP contribution in [0.15, 0.2) is 0 Å². The van der Waals surface area contributed by atoms with Gasteiger partial charge in [0.05, 0.1) is 5.41 Å². The third-order valence-electron chi connectivity index (χ3n) is 4.10. The number of rotatable bonds is 2. The molecule has 1 saturated heterocycles. The van der Waals surface area contributed by atoms with E-state index in [-0.39, 0.29) is 5.41 Å². The summed E-state index contributed by atoms with van der Waals surface area (Å²) in [4.78, 5) is 14.2. The standard InChI is InChI=1S/C11H20N2O/c1-8-3-6-13(9(8)2)10(14)11(7-12)4-5-11/h8-9H,3-7,12H2,1-2H3. The van der Waals surface area contributed by atoms with Crippen LogP contribution in [-0.2, 0) is 4.79 Å². The van der Waals surface area contributed by atoms with Gasteiger partial charge in [-0.05, 0) is 32.1 Å². The Hall–Kier alpha value is -0.570. The molecule has 0 radical (unpaired) electrons. The van der Waals surface area contributed by atoms with Crippen LogP contribution in [0.25, 0.3) is 0 Å². The molecule has 0 spiro atoms. The predicted octanol–water partition coefficient (Wildman–Crippen LogP) is 0.982. The second kappa shape index (κ2) is 3.23. The molecule has 2 N–H and O–H groups in total. The highest BCUT2D eigenvalue weighted by Crippen LogP contribution is 2.47. The van der Waals surface area contributed by atoms with Crippen molar-refractivity contribution in [1.29, 1.82) is 0 Å². The molecule has 3 nitrogen and oxygen atoms in total. The molecule has 80 valence electrons. The first-order valence-corrected chi connectivity index (χ1v) is 5.62. The van der Waals surface area contributed by atoms with Crippen LogP contribution in [0.2, 0.25) is 0 Å². The van der Waals surface area contributed by atoms with Crippen molar-refractivity contribution in [3.63, 3.8) is 0 Å². The summed E-state index contributed by atoms with van der Waals surface area (Å²) in [5.41, 5.74) is 5.52. The zero-order valence-corrected chi connectivity index (χ0v) is 9.12. The Morgan fingerprint density at radius 3 is 2.50 bits per heavy atom. The van der Waals surface area contributed by atoms with Crippen molar-refractivity contribution in [1.82, 2.24) is 4.90 Å². The Labute approximate surface area is 85.6 Å². The second-order valence-electron chi connectivity index (χ2n) is 4.99. The lowest BCUT2D eigenvalue weighted by molar-refractivity contribution is -0.137. The van der Waals surface area contributed by atoms with Gasteiger partial charge in [-0.3, -0.25) is 4.79 Å². The molecule has 2 rings (SSSR count). The Balaban J connectivity index is 2.06. The molecule has 1 aliphatic heterocycles. The summed E-state index contributed by atoms with van der Waals surface area (Å²) in [5, 5.41) is 0. The maximum absolute atomic E-state index is 12.2. The van der Waals surface area contributed by atoms with Crippen LogP contribution in [-0.4, -0.2) is 29.9 Å². The van der Waals surface area contributed by atoms with Gasteiger partial charge in [-0.25, -0.2) is 0 Å². The van der Waals surface area contributed by atoms with E-state index in [1.807, 2.05) is 4.90 Å². The first-order valence-electron chi connectivity index (χ1n) is 5.62. The highest BCUT2D eigenvalue weighted by Gasteiger charge is 2.52. The fourth-order valence-electron chi connectivity index (χ4n) is 2.34. The topological polar surface area (TPSA) is 46.3 Å². The smallest absolute Gasteiger partial charge is 0.230 e. The van der Waals surface area contributed by atoms with Crippen LogP contribution in [0.4, 0.5) is 0 Å². The quantitative estimate of drug-likeness (QED) is 0.715. The SMILES string of the molecule is CC1CCN(C(=O)C2(CN)CC2)C1C. The second-order valence-corrected chi connectivity index (χ2v) is 4.99. The van der Waals surface area contributed by atoms with Crippen LogP contribution >= 0.6 is 0 Å². The number of nitrogens with two attached hydrogens (primary N) is 1. The van der Waals surface area contributed by atoms with Gasteiger partial charge in [0.25, 0.3) is 0 Å². The predicted molar refractivity (Wildman–Crippen MR) is 55.7 cm³/mol. The molecule has 0 aromatic carbocycles. The molecule has 1 saturated carbocycles. The summed E-state index contributed by atoms with van der Waals surface area (Å²) in [6.45, 7) is 5.84. The van der Waals surface area contributed by atoms with Gasteiger partial charge in [0.15, 0.2) is 0 Å². The maximum atomic E-state index is 12.2. The Bertz CT molecular complexity index is 248. The number of carbonyl (C=O) groups is 1. The van der Waals surface area contributed by atoms with Gasteiger partial charge >= 0.3 is 0 Å². The van der Waals surface area contributed by atoms with E-state index in [1.54, 1.807) is 0 Å². The first-order chi connectivity index (χ1) is 6.60. The molecule has 2 aliphatic rings. The van der Waals surface area contributed by atoms with Crippen molar-refractivity contribution in [2.75, 3.05) is 13.1 Å². The minimum absolute atomic E-state index is 0.154. The molecule has 1 amide bonds. The van der Waals surface area contributed by atoms with E-state index >= 15 is 0 Å². The third kappa shape index (κ3) is 1.34. The van der Waals surface area contributed by atoms with E-state index in [4.69, 9.17) is 5.73 Å². The normalized spacial score (nSPS) is 34.6. The fourth-order valence-corrected chi connectivity index (χ4v) is 2.34. The highest BCUT2D eigenvalue weighted by molar-refractivity contribution is 5.86. The molecule has 0 aromatic heterocycles. The monoisotopic (exact) mass is 196 g/mol. The lowest BCUT2D eigenvalue weighted by Crippen LogP contribution is -2.43. The molecule has 1 heterocycles. The van der Waals surface area contributed by atoms with Gasteiger partial charge in [0, 0.05) is 19.1 Å². The molecular weight excluding hydrogens is 176 g/mol. The van der Waals surface area contributed by atoms with E-state index in [0.717, 1.165) is 25.8 Å². The third-order valence-corrected chi connectivity index (χ3v) is 4.10. The molecule has 2 atom stereocenters. The largest absolute Gasteiger partial charge is 0.339 e. The van der Waals surface area contributed by atoms with Gasteiger partial charge in [-0.15, -0.1) is 0 Å². The molecule has 0 bridgehead atoms. The van der Waals surface area contributed by atoms with Crippen LogP contribution in [0.1, 0.15) is 33.1 Å². The zero-order chi connectivity index (χ0) is 10.3. The number of likely N-dealkylation sites (tertiary alicyclic amines) is 1. The summed E-state index contributed by atoms with van der Waals surface area (Å²) in [7, 11) is 0. The van der Waals surface area contributed by atoms with Gasteiger partial charge in [-0.1, -0.05) is 6.92 Å². The van der Waals surface area contributed by atoms with Crippen molar-refractivity contribution in [3.05, 3.63) is 0 Å². The van der Waals surface area contributed by atoms with Gasteiger partial charge in [0.1, 0.15) is 0 Å². The summed E-state index contributed by atoms with van der Waals surface area (Å²) in [5.74, 6) is 0.962. The lowest BCUT2D eigenvalue weighted by atomic mass is 10.0. The molecular formula is C11H20N2O. The van der Waals surface area contributed by atoms with E-state index in [0.29, 0.717) is 24.4 Å². The van der Waals surface area contributed by atoms with Gasteiger partial charge in [-0.2, -0.15) is 0 Å². The molecule has 3 heteroatoms. The Kier molecular flexibility index (Phi) is 2.30. The van der Waals surface area contributed by atoms with E-state index < -0.39 is 0 Å². The van der Waals surface area contributed by atoms with Crippen molar-refractivity contribution in [2.24, 2.45) is 17.1 Å². The number of amides is 1. The van der Waals surface area contributed by atoms with Crippen molar-refractivity contribution in [2.45, 2.75) is 39.2 Å².